The molecule has 0 spiro atoms. The highest BCUT2D eigenvalue weighted by atomic mass is 35.5. The van der Waals surface area contributed by atoms with Gasteiger partial charge in [0.05, 0.1) is 26.7 Å². The van der Waals surface area contributed by atoms with Gasteiger partial charge in [0.1, 0.15) is 5.75 Å². The van der Waals surface area contributed by atoms with Gasteiger partial charge in [0.2, 0.25) is 0 Å². The summed E-state index contributed by atoms with van der Waals surface area (Å²) in [5.41, 5.74) is 2.18. The molecule has 1 amide bonds. The van der Waals surface area contributed by atoms with E-state index in [2.05, 4.69) is 10.5 Å². The molecule has 2 rings (SSSR count). The maximum Gasteiger partial charge on any atom is 0.271 e. The summed E-state index contributed by atoms with van der Waals surface area (Å²) in [4.78, 5) is 21.9. The van der Waals surface area contributed by atoms with Crippen molar-refractivity contribution in [3.63, 3.8) is 0 Å². The molecule has 0 fully saturated rings. The number of rotatable bonds is 4. The van der Waals surface area contributed by atoms with Crippen molar-refractivity contribution in [3.8, 4) is 5.75 Å². The standard InChI is InChI=1S/C14H9Cl2N3O4/c15-11-4-5-12(16)13(20)10(11)7-17-18-14(21)8-2-1-3-9(6-8)19(22)23/h1-7,20H,(H,18,21). The summed E-state index contributed by atoms with van der Waals surface area (Å²) in [6.45, 7) is 0. The second-order valence-corrected chi connectivity index (χ2v) is 5.11. The molecule has 118 valence electrons. The van der Waals surface area contributed by atoms with Crippen molar-refractivity contribution in [1.82, 2.24) is 5.43 Å². The van der Waals surface area contributed by atoms with E-state index in [9.17, 15) is 20.0 Å². The topological polar surface area (TPSA) is 105 Å². The lowest BCUT2D eigenvalue weighted by atomic mass is 10.2. The Hall–Kier alpha value is -2.64. The smallest absolute Gasteiger partial charge is 0.271 e. The monoisotopic (exact) mass is 353 g/mol. The van der Waals surface area contributed by atoms with Gasteiger partial charge in [-0.3, -0.25) is 14.9 Å². The predicted octanol–water partition coefficient (Wildman–Crippen LogP) is 3.37. The number of hydrogen-bond donors (Lipinski definition) is 2. The van der Waals surface area contributed by atoms with Gasteiger partial charge < -0.3 is 5.11 Å². The summed E-state index contributed by atoms with van der Waals surface area (Å²) in [5, 5.41) is 24.4. The van der Waals surface area contributed by atoms with Gasteiger partial charge in [-0.2, -0.15) is 5.10 Å². The van der Waals surface area contributed by atoms with E-state index in [1.165, 1.54) is 30.3 Å². The molecule has 2 N–H and O–H groups in total. The normalized spacial score (nSPS) is 10.7. The van der Waals surface area contributed by atoms with Crippen LogP contribution < -0.4 is 5.43 Å². The van der Waals surface area contributed by atoms with E-state index < -0.39 is 10.8 Å². The molecule has 23 heavy (non-hydrogen) atoms. The van der Waals surface area contributed by atoms with Crippen LogP contribution in [0.1, 0.15) is 15.9 Å². The third-order valence-electron chi connectivity index (χ3n) is 2.79. The fourth-order valence-electron chi connectivity index (χ4n) is 1.66. The minimum atomic E-state index is -0.650. The average Bonchev–Trinajstić information content (AvgIpc) is 2.54. The Balaban J connectivity index is 2.15. The first-order valence-electron chi connectivity index (χ1n) is 6.15. The maximum atomic E-state index is 11.9. The number of phenols is 1. The molecule has 2 aromatic rings. The number of hydrazone groups is 1. The Bertz CT molecular complexity index is 809. The lowest BCUT2D eigenvalue weighted by Gasteiger charge is -2.04. The molecule has 2 aromatic carbocycles. The Morgan fingerprint density at radius 3 is 2.65 bits per heavy atom. The first kappa shape index (κ1) is 16.7. The Labute approximate surface area is 140 Å². The molecule has 7 nitrogen and oxygen atoms in total. The molecular formula is C14H9Cl2N3O4. The number of aromatic hydroxyl groups is 1. The number of nitrogens with one attached hydrogen (secondary N) is 1. The lowest BCUT2D eigenvalue weighted by Crippen LogP contribution is -2.17. The summed E-state index contributed by atoms with van der Waals surface area (Å²) in [5.74, 6) is -0.921. The Morgan fingerprint density at radius 1 is 1.26 bits per heavy atom. The first-order chi connectivity index (χ1) is 10.9. The van der Waals surface area contributed by atoms with Gasteiger partial charge in [0.25, 0.3) is 11.6 Å². The van der Waals surface area contributed by atoms with Crippen molar-refractivity contribution in [2.24, 2.45) is 5.10 Å². The fourth-order valence-corrected chi connectivity index (χ4v) is 2.03. The van der Waals surface area contributed by atoms with Crippen LogP contribution in [0.5, 0.6) is 5.75 Å². The number of non-ortho nitro benzene ring substituents is 1. The van der Waals surface area contributed by atoms with Crippen molar-refractivity contribution >= 4 is 41.0 Å². The number of halogens is 2. The summed E-state index contributed by atoms with van der Waals surface area (Å²) in [6.07, 6.45) is 1.12. The summed E-state index contributed by atoms with van der Waals surface area (Å²) in [7, 11) is 0. The largest absolute Gasteiger partial charge is 0.506 e. The first-order valence-corrected chi connectivity index (χ1v) is 6.90. The summed E-state index contributed by atoms with van der Waals surface area (Å²) < 4.78 is 0. The molecule has 0 saturated carbocycles. The molecule has 0 bridgehead atoms. The van der Waals surface area contributed by atoms with Crippen LogP contribution in [0.25, 0.3) is 0 Å². The van der Waals surface area contributed by atoms with Crippen molar-refractivity contribution in [3.05, 3.63) is 67.7 Å². The summed E-state index contributed by atoms with van der Waals surface area (Å²) >= 11 is 11.6. The van der Waals surface area contributed by atoms with Gasteiger partial charge >= 0.3 is 0 Å². The highest BCUT2D eigenvalue weighted by molar-refractivity contribution is 6.36. The number of benzene rings is 2. The zero-order valence-electron chi connectivity index (χ0n) is 11.4. The van der Waals surface area contributed by atoms with Crippen LogP contribution in [0, 0.1) is 10.1 Å². The molecule has 0 aromatic heterocycles. The molecule has 0 aliphatic heterocycles. The highest BCUT2D eigenvalue weighted by Crippen LogP contribution is 2.31. The number of hydrogen-bond acceptors (Lipinski definition) is 5. The van der Waals surface area contributed by atoms with E-state index in [0.717, 1.165) is 12.3 Å². The van der Waals surface area contributed by atoms with E-state index in [1.807, 2.05) is 0 Å². The van der Waals surface area contributed by atoms with Gasteiger partial charge in [0.15, 0.2) is 0 Å². The number of nitrogens with zero attached hydrogens (tertiary/aromatic N) is 2. The number of phenolic OH excluding ortho intramolecular Hbond substituents is 1. The summed E-state index contributed by atoms with van der Waals surface area (Å²) in [6, 6.07) is 8.06. The number of nitro groups is 1. The van der Waals surface area contributed by atoms with Gasteiger partial charge in [-0.1, -0.05) is 29.3 Å². The molecule has 0 aliphatic rings. The maximum absolute atomic E-state index is 11.9. The van der Waals surface area contributed by atoms with Gasteiger partial charge in [0, 0.05) is 17.7 Å². The number of amides is 1. The quantitative estimate of drug-likeness (QED) is 0.499. The third kappa shape index (κ3) is 3.97. The van der Waals surface area contributed by atoms with E-state index in [-0.39, 0.29) is 32.6 Å². The van der Waals surface area contributed by atoms with E-state index in [4.69, 9.17) is 23.2 Å². The number of nitro benzene ring substituents is 1. The van der Waals surface area contributed by atoms with Crippen LogP contribution in [0.4, 0.5) is 5.69 Å². The van der Waals surface area contributed by atoms with Crippen LogP contribution in [0.2, 0.25) is 10.0 Å². The van der Waals surface area contributed by atoms with Crippen LogP contribution >= 0.6 is 23.2 Å². The number of carbonyl (C=O) groups is 1. The van der Waals surface area contributed by atoms with Crippen LogP contribution in [-0.2, 0) is 0 Å². The van der Waals surface area contributed by atoms with Crippen molar-refractivity contribution < 1.29 is 14.8 Å². The molecule has 0 heterocycles. The zero-order valence-corrected chi connectivity index (χ0v) is 12.9. The van der Waals surface area contributed by atoms with Crippen LogP contribution in [0.3, 0.4) is 0 Å². The van der Waals surface area contributed by atoms with Gasteiger partial charge in [-0.25, -0.2) is 5.43 Å². The second-order valence-electron chi connectivity index (χ2n) is 4.30. The molecular weight excluding hydrogens is 345 g/mol. The molecule has 0 radical (unpaired) electrons. The van der Waals surface area contributed by atoms with Crippen LogP contribution in [-0.4, -0.2) is 22.2 Å². The lowest BCUT2D eigenvalue weighted by molar-refractivity contribution is -0.384. The molecule has 0 atom stereocenters. The van der Waals surface area contributed by atoms with Gasteiger partial charge in [-0.15, -0.1) is 0 Å². The SMILES string of the molecule is O=C(NN=Cc1c(Cl)ccc(Cl)c1O)c1cccc([N+](=O)[O-])c1. The minimum absolute atomic E-state index is 0.0674. The third-order valence-corrected chi connectivity index (χ3v) is 3.43. The molecule has 9 heteroatoms. The van der Waals surface area contributed by atoms with Crippen LogP contribution in [0.15, 0.2) is 41.5 Å². The molecule has 0 saturated heterocycles. The van der Waals surface area contributed by atoms with Crippen molar-refractivity contribution in [1.29, 1.82) is 0 Å². The van der Waals surface area contributed by atoms with Crippen molar-refractivity contribution in [2.75, 3.05) is 0 Å². The van der Waals surface area contributed by atoms with E-state index in [0.29, 0.717) is 0 Å². The van der Waals surface area contributed by atoms with E-state index in [1.54, 1.807) is 0 Å². The van der Waals surface area contributed by atoms with E-state index >= 15 is 0 Å². The highest BCUT2D eigenvalue weighted by Gasteiger charge is 2.11. The predicted molar refractivity (Wildman–Crippen MR) is 86.3 cm³/mol. The molecule has 0 aliphatic carbocycles. The Morgan fingerprint density at radius 2 is 1.96 bits per heavy atom. The second kappa shape index (κ2) is 7.08. The van der Waals surface area contributed by atoms with Gasteiger partial charge in [-0.05, 0) is 18.2 Å². The number of carbonyl (C=O) groups excluding carboxylic acids is 1. The average molecular weight is 354 g/mol. The fraction of sp³-hybridized carbons (Fsp3) is 0. The Kier molecular flexibility index (Phi) is 5.15. The molecule has 0 unspecified atom stereocenters. The zero-order chi connectivity index (χ0) is 17.0. The van der Waals surface area contributed by atoms with Crippen molar-refractivity contribution in [2.45, 2.75) is 0 Å². The minimum Gasteiger partial charge on any atom is -0.506 e.